The standard InChI is InChI=1S/C19H19NO/c21-19(16-10-15(16)11-4-5-11)20-17-9-8-13-7-6-12-2-1-3-14(17)18(12)13/h1-3,8-9,11,15-16H,4-7,10H2,(H,20,21)/t15-,16-/m1/s1. The van der Waals surface area contributed by atoms with Crippen LogP contribution in [-0.4, -0.2) is 5.91 Å². The van der Waals surface area contributed by atoms with Crippen molar-refractivity contribution in [1.82, 2.24) is 0 Å². The molecule has 2 aromatic rings. The summed E-state index contributed by atoms with van der Waals surface area (Å²) in [5.74, 6) is 2.06. The minimum Gasteiger partial charge on any atom is -0.325 e. The van der Waals surface area contributed by atoms with Gasteiger partial charge in [0.25, 0.3) is 0 Å². The zero-order valence-electron chi connectivity index (χ0n) is 12.1. The lowest BCUT2D eigenvalue weighted by molar-refractivity contribution is -0.117. The zero-order valence-corrected chi connectivity index (χ0v) is 12.1. The van der Waals surface area contributed by atoms with Gasteiger partial charge in [-0.2, -0.15) is 0 Å². The Balaban J connectivity index is 1.47. The van der Waals surface area contributed by atoms with Gasteiger partial charge in [0.2, 0.25) is 5.91 Å². The van der Waals surface area contributed by atoms with Crippen molar-refractivity contribution in [2.24, 2.45) is 17.8 Å². The smallest absolute Gasteiger partial charge is 0.227 e. The summed E-state index contributed by atoms with van der Waals surface area (Å²) >= 11 is 0. The number of nitrogens with one attached hydrogen (secondary N) is 1. The fourth-order valence-corrected chi connectivity index (χ4v) is 4.14. The van der Waals surface area contributed by atoms with Crippen molar-refractivity contribution in [1.29, 1.82) is 0 Å². The Labute approximate surface area is 124 Å². The van der Waals surface area contributed by atoms with Gasteiger partial charge in [0.05, 0.1) is 0 Å². The molecule has 0 saturated heterocycles. The quantitative estimate of drug-likeness (QED) is 0.905. The third-order valence-corrected chi connectivity index (χ3v) is 5.54. The van der Waals surface area contributed by atoms with Crippen LogP contribution < -0.4 is 5.32 Å². The van der Waals surface area contributed by atoms with Crippen LogP contribution in [0.2, 0.25) is 0 Å². The predicted molar refractivity (Wildman–Crippen MR) is 84.3 cm³/mol. The summed E-state index contributed by atoms with van der Waals surface area (Å²) in [5.41, 5.74) is 3.87. The van der Waals surface area contributed by atoms with Crippen molar-refractivity contribution in [3.63, 3.8) is 0 Å². The van der Waals surface area contributed by atoms with E-state index >= 15 is 0 Å². The topological polar surface area (TPSA) is 29.1 Å². The van der Waals surface area contributed by atoms with Gasteiger partial charge in [-0.15, -0.1) is 0 Å². The second kappa shape index (κ2) is 4.09. The van der Waals surface area contributed by atoms with Crippen molar-refractivity contribution >= 4 is 22.4 Å². The van der Waals surface area contributed by atoms with Gasteiger partial charge in [0, 0.05) is 17.0 Å². The Morgan fingerprint density at radius 3 is 2.67 bits per heavy atom. The first-order chi connectivity index (χ1) is 10.3. The molecule has 1 N–H and O–H groups in total. The fourth-order valence-electron chi connectivity index (χ4n) is 4.14. The molecule has 0 unspecified atom stereocenters. The highest BCUT2D eigenvalue weighted by Gasteiger charge is 2.51. The monoisotopic (exact) mass is 277 g/mol. The molecule has 0 bridgehead atoms. The van der Waals surface area contributed by atoms with E-state index in [1.54, 1.807) is 0 Å². The van der Waals surface area contributed by atoms with E-state index in [-0.39, 0.29) is 11.8 Å². The second-order valence-electron chi connectivity index (χ2n) is 6.94. The Morgan fingerprint density at radius 1 is 1.05 bits per heavy atom. The average molecular weight is 277 g/mol. The highest BCUT2D eigenvalue weighted by atomic mass is 16.2. The Morgan fingerprint density at radius 2 is 1.86 bits per heavy atom. The van der Waals surface area contributed by atoms with Crippen LogP contribution in [0.5, 0.6) is 0 Å². The third kappa shape index (κ3) is 1.81. The molecular weight excluding hydrogens is 258 g/mol. The molecule has 2 fully saturated rings. The maximum absolute atomic E-state index is 12.4. The lowest BCUT2D eigenvalue weighted by Gasteiger charge is -2.10. The van der Waals surface area contributed by atoms with Crippen LogP contribution in [0.25, 0.3) is 10.8 Å². The first-order valence-corrected chi connectivity index (χ1v) is 8.15. The SMILES string of the molecule is O=C(Nc1ccc2c3c(cccc13)CC2)[C@@H]1C[C@@H]1C1CC1. The van der Waals surface area contributed by atoms with Crippen LogP contribution in [0, 0.1) is 17.8 Å². The van der Waals surface area contributed by atoms with Gasteiger partial charge >= 0.3 is 0 Å². The second-order valence-corrected chi connectivity index (χ2v) is 6.94. The molecule has 2 atom stereocenters. The number of benzene rings is 2. The Hall–Kier alpha value is -1.83. The first kappa shape index (κ1) is 11.8. The van der Waals surface area contributed by atoms with Crippen LogP contribution in [0.4, 0.5) is 5.69 Å². The molecule has 21 heavy (non-hydrogen) atoms. The van der Waals surface area contributed by atoms with E-state index in [1.807, 2.05) is 0 Å². The van der Waals surface area contributed by atoms with Crippen molar-refractivity contribution in [2.45, 2.75) is 32.1 Å². The number of carbonyl (C=O) groups excluding carboxylic acids is 1. The van der Waals surface area contributed by atoms with Gasteiger partial charge in [0.1, 0.15) is 0 Å². The summed E-state index contributed by atoms with van der Waals surface area (Å²) in [6.07, 6.45) is 6.07. The van der Waals surface area contributed by atoms with E-state index in [0.29, 0.717) is 5.92 Å². The predicted octanol–water partition coefficient (Wildman–Crippen LogP) is 3.92. The number of aryl methyl sites for hydroxylation is 2. The summed E-state index contributed by atoms with van der Waals surface area (Å²) < 4.78 is 0. The third-order valence-electron chi connectivity index (χ3n) is 5.54. The molecule has 2 heteroatoms. The van der Waals surface area contributed by atoms with Gasteiger partial charge in [-0.05, 0) is 66.5 Å². The highest BCUT2D eigenvalue weighted by Crippen LogP contribution is 2.54. The van der Waals surface area contributed by atoms with Crippen LogP contribution in [0.3, 0.4) is 0 Å². The summed E-state index contributed by atoms with van der Waals surface area (Å²) in [4.78, 5) is 12.4. The molecule has 2 aromatic carbocycles. The van der Waals surface area contributed by atoms with Gasteiger partial charge in [-0.3, -0.25) is 4.79 Å². The molecular formula is C19H19NO. The number of amides is 1. The fraction of sp³-hybridized carbons (Fsp3) is 0.421. The molecule has 0 aromatic heterocycles. The van der Waals surface area contributed by atoms with Crippen molar-refractivity contribution in [3.8, 4) is 0 Å². The van der Waals surface area contributed by atoms with Gasteiger partial charge in [0.15, 0.2) is 0 Å². The van der Waals surface area contributed by atoms with Crippen LogP contribution in [0.15, 0.2) is 30.3 Å². The Bertz CT molecular complexity index is 749. The van der Waals surface area contributed by atoms with Crippen molar-refractivity contribution in [2.75, 3.05) is 5.32 Å². The molecule has 5 rings (SSSR count). The van der Waals surface area contributed by atoms with Crippen LogP contribution in [-0.2, 0) is 17.6 Å². The molecule has 0 heterocycles. The van der Waals surface area contributed by atoms with Crippen LogP contribution in [0.1, 0.15) is 30.4 Å². The van der Waals surface area contributed by atoms with E-state index in [9.17, 15) is 4.79 Å². The molecule has 1 amide bonds. The summed E-state index contributed by atoms with van der Waals surface area (Å²) in [6, 6.07) is 10.8. The van der Waals surface area contributed by atoms with Gasteiger partial charge in [-0.1, -0.05) is 24.3 Å². The van der Waals surface area contributed by atoms with E-state index in [0.717, 1.165) is 30.9 Å². The van der Waals surface area contributed by atoms with Crippen molar-refractivity contribution in [3.05, 3.63) is 41.5 Å². The minimum absolute atomic E-state index is 0.241. The van der Waals surface area contributed by atoms with E-state index in [2.05, 4.69) is 35.6 Å². The highest BCUT2D eigenvalue weighted by molar-refractivity contribution is 6.06. The van der Waals surface area contributed by atoms with E-state index < -0.39 is 0 Å². The largest absolute Gasteiger partial charge is 0.325 e. The maximum Gasteiger partial charge on any atom is 0.227 e. The Kier molecular flexibility index (Phi) is 2.30. The van der Waals surface area contributed by atoms with E-state index in [4.69, 9.17) is 0 Å². The molecule has 2 saturated carbocycles. The first-order valence-electron chi connectivity index (χ1n) is 8.15. The van der Waals surface area contributed by atoms with Gasteiger partial charge < -0.3 is 5.32 Å². The number of anilines is 1. The lowest BCUT2D eigenvalue weighted by atomic mass is 10.0. The maximum atomic E-state index is 12.4. The molecule has 0 radical (unpaired) electrons. The van der Waals surface area contributed by atoms with E-state index in [1.165, 1.54) is 34.7 Å². The molecule has 3 aliphatic rings. The van der Waals surface area contributed by atoms with Crippen molar-refractivity contribution < 1.29 is 4.79 Å². The number of hydrogen-bond donors (Lipinski definition) is 1. The number of carbonyl (C=O) groups is 1. The van der Waals surface area contributed by atoms with Gasteiger partial charge in [-0.25, -0.2) is 0 Å². The summed E-state index contributed by atoms with van der Waals surface area (Å²) in [7, 11) is 0. The normalized spacial score (nSPS) is 26.1. The minimum atomic E-state index is 0.241. The molecule has 3 aliphatic carbocycles. The molecule has 0 spiro atoms. The summed E-state index contributed by atoms with van der Waals surface area (Å²) in [6.45, 7) is 0. The average Bonchev–Trinajstić information content (AvgIpc) is 3.38. The number of hydrogen-bond acceptors (Lipinski definition) is 1. The summed E-state index contributed by atoms with van der Waals surface area (Å²) in [5, 5.41) is 5.80. The zero-order chi connectivity index (χ0) is 14.0. The molecule has 0 aliphatic heterocycles. The van der Waals surface area contributed by atoms with Crippen LogP contribution >= 0.6 is 0 Å². The molecule has 2 nitrogen and oxygen atoms in total. The number of rotatable bonds is 3. The lowest BCUT2D eigenvalue weighted by Crippen LogP contribution is -2.15. The molecule has 106 valence electrons.